The van der Waals surface area contributed by atoms with Crippen LogP contribution < -0.4 is 10.1 Å². The van der Waals surface area contributed by atoms with Crippen LogP contribution >= 0.6 is 23.2 Å². The smallest absolute Gasteiger partial charge is 0.331 e. The summed E-state index contributed by atoms with van der Waals surface area (Å²) >= 11 is 12.0. The van der Waals surface area contributed by atoms with Gasteiger partial charge in [-0.1, -0.05) is 23.2 Å². The molecule has 0 bridgehead atoms. The number of imide groups is 2. The highest BCUT2D eigenvalue weighted by Crippen LogP contribution is 2.27. The molecule has 1 aromatic carbocycles. The third-order valence-corrected chi connectivity index (χ3v) is 5.25. The van der Waals surface area contributed by atoms with Gasteiger partial charge in [0.05, 0.1) is 24.4 Å². The van der Waals surface area contributed by atoms with Crippen molar-refractivity contribution in [3.63, 3.8) is 0 Å². The molecule has 1 fully saturated rings. The number of nitrogens with one attached hydrogen (secondary N) is 1. The van der Waals surface area contributed by atoms with Crippen molar-refractivity contribution in [3.05, 3.63) is 82.0 Å². The maximum atomic E-state index is 12.8. The number of urea groups is 1. The van der Waals surface area contributed by atoms with Crippen LogP contribution in [0.3, 0.4) is 0 Å². The molecule has 32 heavy (non-hydrogen) atoms. The monoisotopic (exact) mass is 473 g/mol. The van der Waals surface area contributed by atoms with E-state index in [0.717, 1.165) is 4.90 Å². The molecule has 10 heteroatoms. The summed E-state index contributed by atoms with van der Waals surface area (Å²) in [4.78, 5) is 38.2. The van der Waals surface area contributed by atoms with Crippen LogP contribution in [0.4, 0.5) is 4.79 Å². The first-order chi connectivity index (χ1) is 15.4. The lowest BCUT2D eigenvalue weighted by Gasteiger charge is -2.25. The first kappa shape index (κ1) is 21.7. The van der Waals surface area contributed by atoms with Crippen LogP contribution in [0, 0.1) is 0 Å². The second kappa shape index (κ2) is 9.33. The molecule has 2 aromatic heterocycles. The van der Waals surface area contributed by atoms with Gasteiger partial charge in [0.25, 0.3) is 11.8 Å². The predicted octanol–water partition coefficient (Wildman–Crippen LogP) is 4.13. The molecule has 0 saturated carbocycles. The molecule has 4 amide bonds. The fourth-order valence-electron chi connectivity index (χ4n) is 3.15. The number of carbonyl (C=O) groups is 3. The number of barbiturate groups is 1. The highest BCUT2D eigenvalue weighted by Gasteiger charge is 2.36. The summed E-state index contributed by atoms with van der Waals surface area (Å²) in [7, 11) is 0. The quantitative estimate of drug-likeness (QED) is 0.411. The molecule has 164 valence electrons. The van der Waals surface area contributed by atoms with Gasteiger partial charge in [-0.15, -0.1) is 0 Å². The van der Waals surface area contributed by atoms with Crippen molar-refractivity contribution < 1.29 is 23.5 Å². The van der Waals surface area contributed by atoms with Crippen molar-refractivity contribution in [3.8, 4) is 5.75 Å². The van der Waals surface area contributed by atoms with Gasteiger partial charge in [0.1, 0.15) is 23.7 Å². The molecule has 0 aliphatic carbocycles. The van der Waals surface area contributed by atoms with E-state index in [2.05, 4.69) is 5.32 Å². The van der Waals surface area contributed by atoms with Crippen LogP contribution in [0.25, 0.3) is 6.08 Å². The normalized spacial score (nSPS) is 15.4. The number of nitrogens with zero attached hydrogens (tertiary/aromatic N) is 2. The zero-order chi connectivity index (χ0) is 22.7. The molecule has 0 spiro atoms. The second-order valence-electron chi connectivity index (χ2n) is 6.84. The second-order valence-corrected chi connectivity index (χ2v) is 7.68. The molecule has 1 N–H and O–H groups in total. The predicted molar refractivity (Wildman–Crippen MR) is 117 cm³/mol. The average Bonchev–Trinajstić information content (AvgIpc) is 3.42. The number of hydrogen-bond donors (Lipinski definition) is 1. The number of hydrogen-bond acceptors (Lipinski definition) is 5. The van der Waals surface area contributed by atoms with Gasteiger partial charge in [-0.2, -0.15) is 0 Å². The highest BCUT2D eigenvalue weighted by atomic mass is 35.5. The number of benzene rings is 1. The number of halogens is 2. The van der Waals surface area contributed by atoms with E-state index >= 15 is 0 Å². The Balaban J connectivity index is 1.48. The minimum atomic E-state index is -0.794. The SMILES string of the molecule is O=C1NC(=O)N(Cc2ccco2)C(=O)C1=Cc1cccn1CCOc1ccc(Cl)cc1Cl. The van der Waals surface area contributed by atoms with Crippen molar-refractivity contribution >= 4 is 47.1 Å². The van der Waals surface area contributed by atoms with E-state index in [1.165, 1.54) is 12.3 Å². The molecule has 1 aliphatic heterocycles. The van der Waals surface area contributed by atoms with Gasteiger partial charge in [-0.3, -0.25) is 19.8 Å². The summed E-state index contributed by atoms with van der Waals surface area (Å²) in [6.45, 7) is 0.629. The Morgan fingerprint density at radius 1 is 1.09 bits per heavy atom. The van der Waals surface area contributed by atoms with E-state index in [4.69, 9.17) is 32.4 Å². The van der Waals surface area contributed by atoms with Crippen molar-refractivity contribution in [1.82, 2.24) is 14.8 Å². The first-order valence-corrected chi connectivity index (χ1v) is 10.3. The van der Waals surface area contributed by atoms with E-state index < -0.39 is 17.8 Å². The van der Waals surface area contributed by atoms with Gasteiger partial charge in [-0.25, -0.2) is 4.79 Å². The topological polar surface area (TPSA) is 93.8 Å². The van der Waals surface area contributed by atoms with Crippen molar-refractivity contribution in [2.45, 2.75) is 13.1 Å². The average molecular weight is 474 g/mol. The van der Waals surface area contributed by atoms with Crippen molar-refractivity contribution in [1.29, 1.82) is 0 Å². The van der Waals surface area contributed by atoms with E-state index in [1.54, 1.807) is 48.7 Å². The summed E-state index contributed by atoms with van der Waals surface area (Å²) in [6, 6.07) is 11.0. The third-order valence-electron chi connectivity index (χ3n) is 4.72. The summed E-state index contributed by atoms with van der Waals surface area (Å²) < 4.78 is 12.7. The zero-order valence-electron chi connectivity index (χ0n) is 16.6. The minimum Gasteiger partial charge on any atom is -0.490 e. The lowest BCUT2D eigenvalue weighted by molar-refractivity contribution is -0.130. The van der Waals surface area contributed by atoms with Gasteiger partial charge in [0.2, 0.25) is 0 Å². The maximum absolute atomic E-state index is 12.8. The lowest BCUT2D eigenvalue weighted by atomic mass is 10.1. The van der Waals surface area contributed by atoms with Gasteiger partial charge in [0, 0.05) is 16.9 Å². The zero-order valence-corrected chi connectivity index (χ0v) is 18.1. The van der Waals surface area contributed by atoms with Crippen molar-refractivity contribution in [2.24, 2.45) is 0 Å². The fraction of sp³-hybridized carbons (Fsp3) is 0.136. The van der Waals surface area contributed by atoms with Crippen LogP contribution in [0.1, 0.15) is 11.5 Å². The Bertz CT molecular complexity index is 1200. The Morgan fingerprint density at radius 2 is 1.94 bits per heavy atom. The van der Waals surface area contributed by atoms with Gasteiger partial charge in [-0.05, 0) is 48.5 Å². The molecule has 3 heterocycles. The number of ether oxygens (including phenoxy) is 1. The number of furan rings is 1. The van der Waals surface area contributed by atoms with Crippen LogP contribution in [-0.4, -0.2) is 33.9 Å². The fourth-order valence-corrected chi connectivity index (χ4v) is 3.62. The molecule has 8 nitrogen and oxygen atoms in total. The summed E-state index contributed by atoms with van der Waals surface area (Å²) in [6.07, 6.45) is 4.67. The Hall–Kier alpha value is -3.49. The van der Waals surface area contributed by atoms with E-state index in [-0.39, 0.29) is 18.7 Å². The summed E-state index contributed by atoms with van der Waals surface area (Å²) in [5.41, 5.74) is 0.444. The third kappa shape index (κ3) is 4.71. The number of rotatable bonds is 7. The first-order valence-electron chi connectivity index (χ1n) is 9.56. The van der Waals surface area contributed by atoms with Crippen LogP contribution in [0.15, 0.2) is 64.9 Å². The van der Waals surface area contributed by atoms with Gasteiger partial charge < -0.3 is 13.7 Å². The molecule has 1 saturated heterocycles. The van der Waals surface area contributed by atoms with E-state index in [0.29, 0.717) is 33.8 Å². The molecular formula is C22H17Cl2N3O5. The van der Waals surface area contributed by atoms with Crippen LogP contribution in [0.2, 0.25) is 10.0 Å². The van der Waals surface area contributed by atoms with Crippen molar-refractivity contribution in [2.75, 3.05) is 6.61 Å². The number of carbonyl (C=O) groups excluding carboxylic acids is 3. The van der Waals surface area contributed by atoms with E-state index in [9.17, 15) is 14.4 Å². The molecule has 1 aliphatic rings. The molecule has 0 radical (unpaired) electrons. The molecule has 0 unspecified atom stereocenters. The minimum absolute atomic E-state index is 0.0843. The van der Waals surface area contributed by atoms with Gasteiger partial charge >= 0.3 is 6.03 Å². The van der Waals surface area contributed by atoms with E-state index in [1.807, 2.05) is 4.57 Å². The Labute approximate surface area is 192 Å². The maximum Gasteiger partial charge on any atom is 0.331 e. The van der Waals surface area contributed by atoms with Gasteiger partial charge in [0.15, 0.2) is 0 Å². The molecule has 0 atom stereocenters. The Morgan fingerprint density at radius 3 is 2.69 bits per heavy atom. The number of amides is 4. The highest BCUT2D eigenvalue weighted by molar-refractivity contribution is 6.35. The summed E-state index contributed by atoms with van der Waals surface area (Å²) in [5, 5.41) is 3.10. The standard InChI is InChI=1S/C22H17Cl2N3O5/c23-14-5-6-19(18(24)11-14)32-10-8-26-7-1-3-15(26)12-17-20(28)25-22(30)27(21(17)29)13-16-4-2-9-31-16/h1-7,9,11-12H,8,10,13H2,(H,25,28,30). The summed E-state index contributed by atoms with van der Waals surface area (Å²) in [5.74, 6) is -0.541. The molecule has 4 rings (SSSR count). The number of aromatic nitrogens is 1. The van der Waals surface area contributed by atoms with Crippen LogP contribution in [0.5, 0.6) is 5.75 Å². The Kier molecular flexibility index (Phi) is 6.34. The largest absolute Gasteiger partial charge is 0.490 e. The van der Waals surface area contributed by atoms with Crippen LogP contribution in [-0.2, 0) is 22.7 Å². The molecule has 3 aromatic rings. The lowest BCUT2D eigenvalue weighted by Crippen LogP contribution is -2.53. The molecular weight excluding hydrogens is 457 g/mol.